The van der Waals surface area contributed by atoms with Gasteiger partial charge in [-0.05, 0) is 48.0 Å². The number of nitrogens with one attached hydrogen (secondary N) is 1. The molecule has 1 amide bonds. The van der Waals surface area contributed by atoms with Crippen LogP contribution in [0.1, 0.15) is 27.8 Å². The summed E-state index contributed by atoms with van der Waals surface area (Å²) < 4.78 is 20.5. The predicted molar refractivity (Wildman–Crippen MR) is 113 cm³/mol. The number of pyridine rings is 1. The molecule has 4 rings (SSSR count). The molecule has 4 aromatic rings. The maximum atomic E-state index is 13.2. The molecule has 0 radical (unpaired) electrons. The van der Waals surface area contributed by atoms with E-state index >= 15 is 0 Å². The summed E-state index contributed by atoms with van der Waals surface area (Å²) in [7, 11) is 1.68. The number of aromatic nitrogens is 3. The molecule has 1 atom stereocenters. The van der Waals surface area contributed by atoms with E-state index < -0.39 is 11.9 Å². The van der Waals surface area contributed by atoms with Crippen molar-refractivity contribution in [2.75, 3.05) is 6.61 Å². The summed E-state index contributed by atoms with van der Waals surface area (Å²) in [6.45, 7) is -0.0309. The van der Waals surface area contributed by atoms with Gasteiger partial charge in [0.2, 0.25) is 0 Å². The summed E-state index contributed by atoms with van der Waals surface area (Å²) in [6, 6.07) is 15.9. The molecule has 2 aromatic carbocycles. The SMILES string of the molecule is Cn1nc2ccc(OCc3ccccn3)cc2c1C(=O)NC(CO)c1ccc(F)cc1. The van der Waals surface area contributed by atoms with Crippen LogP contribution in [0, 0.1) is 5.82 Å². The number of amides is 1. The summed E-state index contributed by atoms with van der Waals surface area (Å²) in [5, 5.41) is 17.5. The highest BCUT2D eigenvalue weighted by molar-refractivity contribution is 6.05. The van der Waals surface area contributed by atoms with E-state index in [1.807, 2.05) is 18.2 Å². The minimum atomic E-state index is -0.679. The summed E-state index contributed by atoms with van der Waals surface area (Å²) in [5.74, 6) is -0.213. The Morgan fingerprint density at radius 1 is 1.19 bits per heavy atom. The van der Waals surface area contributed by atoms with E-state index in [1.165, 1.54) is 28.9 Å². The van der Waals surface area contributed by atoms with Crippen LogP contribution in [-0.4, -0.2) is 32.4 Å². The molecular formula is C23H21FN4O3. The summed E-state index contributed by atoms with van der Waals surface area (Å²) >= 11 is 0. The molecular weight excluding hydrogens is 399 g/mol. The van der Waals surface area contributed by atoms with E-state index in [4.69, 9.17) is 4.74 Å². The van der Waals surface area contributed by atoms with Crippen molar-refractivity contribution in [2.24, 2.45) is 7.05 Å². The van der Waals surface area contributed by atoms with Crippen LogP contribution < -0.4 is 10.1 Å². The van der Waals surface area contributed by atoms with E-state index in [2.05, 4.69) is 15.4 Å². The highest BCUT2D eigenvalue weighted by atomic mass is 19.1. The van der Waals surface area contributed by atoms with Crippen LogP contribution in [0.3, 0.4) is 0 Å². The van der Waals surface area contributed by atoms with Gasteiger partial charge in [0.1, 0.15) is 23.9 Å². The molecule has 0 saturated carbocycles. The van der Waals surface area contributed by atoms with Crippen molar-refractivity contribution in [3.05, 3.63) is 89.6 Å². The molecule has 7 nitrogen and oxygen atoms in total. The number of nitrogens with zero attached hydrogens (tertiary/aromatic N) is 3. The van der Waals surface area contributed by atoms with Gasteiger partial charge < -0.3 is 15.2 Å². The Morgan fingerprint density at radius 2 is 2.00 bits per heavy atom. The summed E-state index contributed by atoms with van der Waals surface area (Å²) in [5.41, 5.74) is 2.36. The maximum Gasteiger partial charge on any atom is 0.270 e. The first kappa shape index (κ1) is 20.5. The second kappa shape index (κ2) is 8.93. The van der Waals surface area contributed by atoms with E-state index in [-0.39, 0.29) is 12.4 Å². The van der Waals surface area contributed by atoms with Crippen molar-refractivity contribution in [3.8, 4) is 5.75 Å². The number of hydrogen-bond donors (Lipinski definition) is 2. The average Bonchev–Trinajstić information content (AvgIpc) is 3.12. The van der Waals surface area contributed by atoms with Crippen molar-refractivity contribution < 1.29 is 19.0 Å². The van der Waals surface area contributed by atoms with Crippen LogP contribution in [0.4, 0.5) is 4.39 Å². The van der Waals surface area contributed by atoms with Crippen molar-refractivity contribution in [2.45, 2.75) is 12.6 Å². The number of carbonyl (C=O) groups is 1. The lowest BCUT2D eigenvalue weighted by atomic mass is 10.1. The van der Waals surface area contributed by atoms with Crippen LogP contribution >= 0.6 is 0 Å². The van der Waals surface area contributed by atoms with E-state index in [9.17, 15) is 14.3 Å². The smallest absolute Gasteiger partial charge is 0.270 e. The first-order chi connectivity index (χ1) is 15.0. The highest BCUT2D eigenvalue weighted by Crippen LogP contribution is 2.25. The molecule has 158 valence electrons. The zero-order chi connectivity index (χ0) is 21.8. The second-order valence-electron chi connectivity index (χ2n) is 7.02. The first-order valence-electron chi connectivity index (χ1n) is 9.72. The first-order valence-corrected chi connectivity index (χ1v) is 9.72. The van der Waals surface area contributed by atoms with Gasteiger partial charge in [0.05, 0.1) is 23.9 Å². The number of fused-ring (bicyclic) bond motifs is 1. The lowest BCUT2D eigenvalue weighted by molar-refractivity contribution is 0.0908. The normalized spacial score (nSPS) is 12.0. The average molecular weight is 420 g/mol. The van der Waals surface area contributed by atoms with Gasteiger partial charge in [0.15, 0.2) is 0 Å². The molecule has 0 bridgehead atoms. The molecule has 1 unspecified atom stereocenters. The topological polar surface area (TPSA) is 89.3 Å². The predicted octanol–water partition coefficient (Wildman–Crippen LogP) is 3.15. The molecule has 0 saturated heterocycles. The van der Waals surface area contributed by atoms with Crippen molar-refractivity contribution in [1.82, 2.24) is 20.1 Å². The van der Waals surface area contributed by atoms with Gasteiger partial charge in [-0.15, -0.1) is 0 Å². The molecule has 0 fully saturated rings. The van der Waals surface area contributed by atoms with Crippen molar-refractivity contribution in [3.63, 3.8) is 0 Å². The summed E-state index contributed by atoms with van der Waals surface area (Å²) in [4.78, 5) is 17.3. The van der Waals surface area contributed by atoms with Crippen molar-refractivity contribution in [1.29, 1.82) is 0 Å². The Labute approximate surface area is 178 Å². The van der Waals surface area contributed by atoms with Crippen LogP contribution in [-0.2, 0) is 13.7 Å². The number of ether oxygens (including phenoxy) is 1. The highest BCUT2D eigenvalue weighted by Gasteiger charge is 2.21. The van der Waals surface area contributed by atoms with E-state index in [1.54, 1.807) is 31.4 Å². The monoisotopic (exact) mass is 420 g/mol. The molecule has 8 heteroatoms. The molecule has 0 spiro atoms. The third-order valence-electron chi connectivity index (χ3n) is 4.89. The van der Waals surface area contributed by atoms with E-state index in [0.717, 1.165) is 5.69 Å². The fourth-order valence-corrected chi connectivity index (χ4v) is 3.33. The lowest BCUT2D eigenvalue weighted by Crippen LogP contribution is -2.32. The van der Waals surface area contributed by atoms with Gasteiger partial charge in [-0.3, -0.25) is 14.5 Å². The summed E-state index contributed by atoms with van der Waals surface area (Å²) in [6.07, 6.45) is 1.70. The maximum absolute atomic E-state index is 13.2. The zero-order valence-corrected chi connectivity index (χ0v) is 16.8. The number of rotatable bonds is 7. The van der Waals surface area contributed by atoms with Gasteiger partial charge >= 0.3 is 0 Å². The van der Waals surface area contributed by atoms with Gasteiger partial charge in [0, 0.05) is 18.6 Å². The number of aliphatic hydroxyl groups is 1. The molecule has 0 aliphatic rings. The molecule has 0 aliphatic heterocycles. The standard InChI is InChI=1S/C23H21FN4O3/c1-28-22(23(30)26-21(13-29)15-5-7-16(24)8-6-15)19-12-18(9-10-20(19)27-28)31-14-17-4-2-3-11-25-17/h2-12,21,29H,13-14H2,1H3,(H,26,30). The molecule has 2 N–H and O–H groups in total. The Morgan fingerprint density at radius 3 is 2.71 bits per heavy atom. The fourth-order valence-electron chi connectivity index (χ4n) is 3.33. The van der Waals surface area contributed by atoms with Crippen LogP contribution in [0.5, 0.6) is 5.75 Å². The number of halogens is 1. The van der Waals surface area contributed by atoms with Crippen molar-refractivity contribution >= 4 is 16.8 Å². The third kappa shape index (κ3) is 4.54. The zero-order valence-electron chi connectivity index (χ0n) is 16.8. The number of hydrogen-bond acceptors (Lipinski definition) is 5. The van der Waals surface area contributed by atoms with Gasteiger partial charge in [0.25, 0.3) is 5.91 Å². The Balaban J connectivity index is 1.57. The Bertz CT molecular complexity index is 1190. The Hall–Kier alpha value is -3.78. The number of aryl methyl sites for hydroxylation is 1. The second-order valence-corrected chi connectivity index (χ2v) is 7.02. The van der Waals surface area contributed by atoms with Crippen LogP contribution in [0.15, 0.2) is 66.9 Å². The molecule has 2 heterocycles. The van der Waals surface area contributed by atoms with Gasteiger partial charge in [-0.25, -0.2) is 4.39 Å². The van der Waals surface area contributed by atoms with Gasteiger partial charge in [-0.1, -0.05) is 18.2 Å². The quantitative estimate of drug-likeness (QED) is 0.480. The number of benzene rings is 2. The Kier molecular flexibility index (Phi) is 5.90. The fraction of sp³-hybridized carbons (Fsp3) is 0.174. The number of carbonyl (C=O) groups excluding carboxylic acids is 1. The van der Waals surface area contributed by atoms with Crippen LogP contribution in [0.25, 0.3) is 10.9 Å². The minimum Gasteiger partial charge on any atom is -0.487 e. The lowest BCUT2D eigenvalue weighted by Gasteiger charge is -2.17. The minimum absolute atomic E-state index is 0.297. The molecule has 0 aliphatic carbocycles. The van der Waals surface area contributed by atoms with Crippen LogP contribution in [0.2, 0.25) is 0 Å². The third-order valence-corrected chi connectivity index (χ3v) is 4.89. The largest absolute Gasteiger partial charge is 0.487 e. The molecule has 2 aromatic heterocycles. The molecule has 31 heavy (non-hydrogen) atoms. The van der Waals surface area contributed by atoms with E-state index in [0.29, 0.717) is 34.5 Å². The van der Waals surface area contributed by atoms with Gasteiger partial charge in [-0.2, -0.15) is 5.10 Å². The number of aliphatic hydroxyl groups excluding tert-OH is 1.